The van der Waals surface area contributed by atoms with Crippen molar-refractivity contribution in [2.45, 2.75) is 32.9 Å². The minimum absolute atomic E-state index is 0.0978. The highest BCUT2D eigenvalue weighted by molar-refractivity contribution is 6.08. The van der Waals surface area contributed by atoms with Gasteiger partial charge in [-0.05, 0) is 38.4 Å². The number of hydrogen-bond donors (Lipinski definition) is 0. The Morgan fingerprint density at radius 1 is 1.00 bits per heavy atom. The molecule has 0 radical (unpaired) electrons. The second kappa shape index (κ2) is 9.67. The number of ketones is 1. The van der Waals surface area contributed by atoms with Crippen LogP contribution in [0, 0.1) is 0 Å². The Bertz CT molecular complexity index is 1020. The lowest BCUT2D eigenvalue weighted by Gasteiger charge is -2.38. The van der Waals surface area contributed by atoms with E-state index in [-0.39, 0.29) is 5.78 Å². The third-order valence-corrected chi connectivity index (χ3v) is 6.57. The van der Waals surface area contributed by atoms with Crippen molar-refractivity contribution in [3.8, 4) is 5.75 Å². The van der Waals surface area contributed by atoms with E-state index in [1.54, 1.807) is 14.0 Å². The second-order valence-electron chi connectivity index (χ2n) is 8.47. The van der Waals surface area contributed by atoms with Crippen molar-refractivity contribution in [2.24, 2.45) is 0 Å². The van der Waals surface area contributed by atoms with E-state index in [0.717, 1.165) is 67.9 Å². The quantitative estimate of drug-likeness (QED) is 0.499. The van der Waals surface area contributed by atoms with Gasteiger partial charge in [0.2, 0.25) is 0 Å². The molecule has 1 aromatic heterocycles. The minimum atomic E-state index is 0.0978. The minimum Gasteiger partial charge on any atom is -0.495 e. The van der Waals surface area contributed by atoms with Gasteiger partial charge in [0.1, 0.15) is 5.75 Å². The molecule has 1 fully saturated rings. The number of carbonyl (C=O) groups excluding carboxylic acids is 1. The fraction of sp³-hybridized carbons (Fsp3) is 0.423. The van der Waals surface area contributed by atoms with Crippen molar-refractivity contribution in [3.05, 3.63) is 65.9 Å². The fourth-order valence-electron chi connectivity index (χ4n) is 4.73. The Balaban J connectivity index is 1.34. The van der Waals surface area contributed by atoms with Gasteiger partial charge in [-0.15, -0.1) is 0 Å². The van der Waals surface area contributed by atoms with Gasteiger partial charge in [0, 0.05) is 55.9 Å². The molecule has 0 spiro atoms. The van der Waals surface area contributed by atoms with Crippen LogP contribution in [-0.2, 0) is 6.54 Å². The van der Waals surface area contributed by atoms with Crippen LogP contribution in [0.15, 0.2) is 54.7 Å². The number of fused-ring (bicyclic) bond motifs is 1. The number of hydrogen-bond acceptors (Lipinski definition) is 4. The maximum atomic E-state index is 12.1. The van der Waals surface area contributed by atoms with Crippen molar-refractivity contribution >= 4 is 16.7 Å². The number of aromatic nitrogens is 1. The highest BCUT2D eigenvalue weighted by Gasteiger charge is 2.22. The Labute approximate surface area is 185 Å². The van der Waals surface area contributed by atoms with Crippen molar-refractivity contribution in [3.63, 3.8) is 0 Å². The monoisotopic (exact) mass is 419 g/mol. The molecule has 164 valence electrons. The summed E-state index contributed by atoms with van der Waals surface area (Å²) in [5, 5.41) is 0.982. The first-order chi connectivity index (χ1) is 15.1. The lowest BCUT2D eigenvalue weighted by atomic mass is 10.1. The Morgan fingerprint density at radius 3 is 2.42 bits per heavy atom. The molecule has 1 aliphatic rings. The predicted octanol–water partition coefficient (Wildman–Crippen LogP) is 4.62. The molecular weight excluding hydrogens is 386 g/mol. The van der Waals surface area contributed by atoms with Crippen LogP contribution in [0.5, 0.6) is 5.75 Å². The summed E-state index contributed by atoms with van der Waals surface area (Å²) in [6.07, 6.45) is 3.04. The van der Waals surface area contributed by atoms with E-state index >= 15 is 0 Å². The molecule has 1 saturated heterocycles. The van der Waals surface area contributed by atoms with Crippen LogP contribution in [0.1, 0.15) is 42.2 Å². The number of Topliss-reactive ketones (excluding diaryl/α,β-unsaturated/α-hetero) is 1. The van der Waals surface area contributed by atoms with E-state index < -0.39 is 0 Å². The molecule has 0 saturated carbocycles. The predicted molar refractivity (Wildman–Crippen MR) is 126 cm³/mol. The van der Waals surface area contributed by atoms with E-state index in [1.807, 2.05) is 24.4 Å². The maximum Gasteiger partial charge on any atom is 0.161 e. The van der Waals surface area contributed by atoms with Gasteiger partial charge in [0.05, 0.1) is 12.6 Å². The fourth-order valence-corrected chi connectivity index (χ4v) is 4.73. The zero-order valence-electron chi connectivity index (χ0n) is 18.9. The van der Waals surface area contributed by atoms with Gasteiger partial charge in [-0.25, -0.2) is 0 Å². The first-order valence-corrected chi connectivity index (χ1v) is 11.3. The Kier molecular flexibility index (Phi) is 6.73. The number of carbonyl (C=O) groups is 1. The molecule has 2 heterocycles. The molecule has 1 unspecified atom stereocenters. The number of methoxy groups -OCH3 is 1. The summed E-state index contributed by atoms with van der Waals surface area (Å²) in [5.74, 6) is 0.925. The summed E-state index contributed by atoms with van der Waals surface area (Å²) < 4.78 is 7.77. The topological polar surface area (TPSA) is 37.7 Å². The molecule has 0 amide bonds. The number of piperazine rings is 1. The molecular formula is C26H33N3O2. The molecule has 0 bridgehead atoms. The second-order valence-corrected chi connectivity index (χ2v) is 8.47. The summed E-state index contributed by atoms with van der Waals surface area (Å²) >= 11 is 0. The molecule has 5 nitrogen and oxygen atoms in total. The SMILES string of the molecule is COc1cccc2c(C(C)=O)cn(CCCN3CCN(C(C)c4ccccc4)CC3)c12. The smallest absolute Gasteiger partial charge is 0.161 e. The zero-order chi connectivity index (χ0) is 21.8. The molecule has 1 aliphatic heterocycles. The average Bonchev–Trinajstić information content (AvgIpc) is 3.19. The molecule has 3 aromatic rings. The van der Waals surface area contributed by atoms with E-state index in [2.05, 4.69) is 51.6 Å². The maximum absolute atomic E-state index is 12.1. The summed E-state index contributed by atoms with van der Waals surface area (Å²) in [6, 6.07) is 17.2. The number of benzene rings is 2. The standard InChI is InChI=1S/C26H33N3O2/c1-20(22-9-5-4-6-10-22)28-17-15-27(16-18-28)13-8-14-29-19-24(21(2)30)23-11-7-12-25(31-3)26(23)29/h4-7,9-12,19-20H,8,13-18H2,1-3H3. The van der Waals surface area contributed by atoms with Gasteiger partial charge >= 0.3 is 0 Å². The Hall–Kier alpha value is -2.63. The molecule has 31 heavy (non-hydrogen) atoms. The van der Waals surface area contributed by atoms with Crippen LogP contribution in [0.4, 0.5) is 0 Å². The highest BCUT2D eigenvalue weighted by atomic mass is 16.5. The molecule has 5 heteroatoms. The largest absolute Gasteiger partial charge is 0.495 e. The number of nitrogens with zero attached hydrogens (tertiary/aromatic N) is 3. The van der Waals surface area contributed by atoms with Crippen LogP contribution in [0.2, 0.25) is 0 Å². The van der Waals surface area contributed by atoms with Gasteiger partial charge in [0.15, 0.2) is 5.78 Å². The number of para-hydroxylation sites is 1. The first-order valence-electron chi connectivity index (χ1n) is 11.3. The van der Waals surface area contributed by atoms with Crippen molar-refractivity contribution in [2.75, 3.05) is 39.8 Å². The van der Waals surface area contributed by atoms with E-state index in [0.29, 0.717) is 6.04 Å². The summed E-state index contributed by atoms with van der Waals surface area (Å²) in [5.41, 5.74) is 3.19. The van der Waals surface area contributed by atoms with Gasteiger partial charge in [-0.3, -0.25) is 9.69 Å². The average molecular weight is 420 g/mol. The molecule has 1 atom stereocenters. The van der Waals surface area contributed by atoms with Gasteiger partial charge in [-0.2, -0.15) is 0 Å². The van der Waals surface area contributed by atoms with Crippen molar-refractivity contribution in [1.29, 1.82) is 0 Å². The molecule has 2 aromatic carbocycles. The third-order valence-electron chi connectivity index (χ3n) is 6.57. The number of ether oxygens (including phenoxy) is 1. The van der Waals surface area contributed by atoms with Crippen molar-refractivity contribution in [1.82, 2.24) is 14.4 Å². The van der Waals surface area contributed by atoms with E-state index in [9.17, 15) is 4.79 Å². The van der Waals surface area contributed by atoms with Gasteiger partial charge in [0.25, 0.3) is 0 Å². The van der Waals surface area contributed by atoms with Crippen molar-refractivity contribution < 1.29 is 9.53 Å². The summed E-state index contributed by atoms with van der Waals surface area (Å²) in [6.45, 7) is 10.3. The first kappa shape index (κ1) is 21.6. The highest BCUT2D eigenvalue weighted by Crippen LogP contribution is 2.30. The van der Waals surface area contributed by atoms with Crippen LogP contribution in [-0.4, -0.2) is 60.0 Å². The lowest BCUT2D eigenvalue weighted by molar-refractivity contribution is 0.101. The Morgan fingerprint density at radius 2 is 1.74 bits per heavy atom. The van der Waals surface area contributed by atoms with E-state index in [1.165, 1.54) is 5.56 Å². The van der Waals surface area contributed by atoms with Crippen LogP contribution < -0.4 is 4.74 Å². The summed E-state index contributed by atoms with van der Waals surface area (Å²) in [4.78, 5) is 17.3. The van der Waals surface area contributed by atoms with Gasteiger partial charge in [-0.1, -0.05) is 42.5 Å². The molecule has 0 aliphatic carbocycles. The molecule has 0 N–H and O–H groups in total. The number of aryl methyl sites for hydroxylation is 1. The van der Waals surface area contributed by atoms with Crippen LogP contribution in [0.25, 0.3) is 10.9 Å². The van der Waals surface area contributed by atoms with Gasteiger partial charge < -0.3 is 14.2 Å². The normalized spacial score (nSPS) is 16.5. The lowest BCUT2D eigenvalue weighted by Crippen LogP contribution is -2.47. The molecule has 4 rings (SSSR count). The van der Waals surface area contributed by atoms with E-state index in [4.69, 9.17) is 4.74 Å². The number of rotatable bonds is 8. The zero-order valence-corrected chi connectivity index (χ0v) is 18.9. The van der Waals surface area contributed by atoms with Crippen LogP contribution in [0.3, 0.4) is 0 Å². The summed E-state index contributed by atoms with van der Waals surface area (Å²) in [7, 11) is 1.69. The van der Waals surface area contributed by atoms with Crippen LogP contribution >= 0.6 is 0 Å². The third kappa shape index (κ3) is 4.68.